The van der Waals surface area contributed by atoms with Gasteiger partial charge in [-0.1, -0.05) is 13.3 Å². The number of carbonyl (C=O) groups is 1. The zero-order chi connectivity index (χ0) is 14.8. The van der Waals surface area contributed by atoms with Crippen LogP contribution in [-0.4, -0.2) is 12.5 Å². The average Bonchev–Trinajstić information content (AvgIpc) is 2.37. The highest BCUT2D eigenvalue weighted by molar-refractivity contribution is 5.94. The van der Waals surface area contributed by atoms with Crippen molar-refractivity contribution in [1.82, 2.24) is 5.32 Å². The van der Waals surface area contributed by atoms with Crippen molar-refractivity contribution >= 4 is 11.6 Å². The monoisotopic (exact) mass is 283 g/mol. The molecule has 1 amide bonds. The normalized spacial score (nSPS) is 16.4. The summed E-state index contributed by atoms with van der Waals surface area (Å²) in [5.74, 6) is 2.77. The fourth-order valence-corrected chi connectivity index (χ4v) is 2.54. The van der Waals surface area contributed by atoms with Gasteiger partial charge in [-0.2, -0.15) is 0 Å². The second-order valence-corrected chi connectivity index (χ2v) is 5.35. The number of hydrogen-bond donors (Lipinski definition) is 3. The van der Waals surface area contributed by atoms with Gasteiger partial charge in [0.15, 0.2) is 11.6 Å². The topological polar surface area (TPSA) is 67.2 Å². The van der Waals surface area contributed by atoms with Crippen LogP contribution in [0.15, 0.2) is 12.1 Å². The van der Waals surface area contributed by atoms with E-state index in [4.69, 9.17) is 5.84 Å². The third-order valence-corrected chi connectivity index (χ3v) is 4.24. The Morgan fingerprint density at radius 1 is 1.35 bits per heavy atom. The van der Waals surface area contributed by atoms with Crippen LogP contribution in [0.1, 0.15) is 43.0 Å². The van der Waals surface area contributed by atoms with E-state index in [0.717, 1.165) is 31.4 Å². The molecule has 0 heterocycles. The number of nitrogen functional groups attached to an aromatic ring is 1. The standard InChI is InChI=1S/C14H19F2N3O/c1-2-14(4-3-5-14)8-18-13(20)9-6-10(15)12(19-17)11(16)7-9/h6-7,19H,2-5,8,17H2,1H3,(H,18,20). The molecule has 1 aliphatic carbocycles. The molecule has 1 aromatic carbocycles. The minimum atomic E-state index is -0.883. The number of amides is 1. The van der Waals surface area contributed by atoms with Crippen molar-refractivity contribution in [3.8, 4) is 0 Å². The summed E-state index contributed by atoms with van der Waals surface area (Å²) >= 11 is 0. The first-order valence-corrected chi connectivity index (χ1v) is 6.75. The molecule has 1 fully saturated rings. The molecule has 2 rings (SSSR count). The summed E-state index contributed by atoms with van der Waals surface area (Å²) in [7, 11) is 0. The van der Waals surface area contributed by atoms with Gasteiger partial charge in [0, 0.05) is 12.1 Å². The Balaban J connectivity index is 2.06. The van der Waals surface area contributed by atoms with Crippen LogP contribution in [0.4, 0.5) is 14.5 Å². The Kier molecular flexibility index (Phi) is 4.23. The third kappa shape index (κ3) is 2.75. The maximum Gasteiger partial charge on any atom is 0.251 e. The van der Waals surface area contributed by atoms with E-state index in [1.165, 1.54) is 6.42 Å². The van der Waals surface area contributed by atoms with Crippen molar-refractivity contribution in [3.05, 3.63) is 29.3 Å². The molecule has 0 spiro atoms. The van der Waals surface area contributed by atoms with Crippen LogP contribution in [0.5, 0.6) is 0 Å². The SMILES string of the molecule is CCC1(CNC(=O)c2cc(F)c(NN)c(F)c2)CCC1. The first-order chi connectivity index (χ1) is 9.51. The van der Waals surface area contributed by atoms with E-state index in [0.29, 0.717) is 6.54 Å². The van der Waals surface area contributed by atoms with Crippen LogP contribution in [0.25, 0.3) is 0 Å². The summed E-state index contributed by atoms with van der Waals surface area (Å²) in [5, 5.41) is 2.76. The van der Waals surface area contributed by atoms with Crippen molar-refractivity contribution in [2.75, 3.05) is 12.0 Å². The van der Waals surface area contributed by atoms with E-state index < -0.39 is 23.2 Å². The van der Waals surface area contributed by atoms with Crippen molar-refractivity contribution < 1.29 is 13.6 Å². The number of carbonyl (C=O) groups excluding carboxylic acids is 1. The average molecular weight is 283 g/mol. The maximum absolute atomic E-state index is 13.5. The molecule has 0 aromatic heterocycles. The Morgan fingerprint density at radius 2 is 1.95 bits per heavy atom. The number of rotatable bonds is 5. The summed E-state index contributed by atoms with van der Waals surface area (Å²) in [6.45, 7) is 2.63. The number of nitrogens with two attached hydrogens (primary N) is 1. The molecule has 110 valence electrons. The van der Waals surface area contributed by atoms with Crippen molar-refractivity contribution in [1.29, 1.82) is 0 Å². The molecular formula is C14H19F2N3O. The van der Waals surface area contributed by atoms with Crippen molar-refractivity contribution in [2.24, 2.45) is 11.3 Å². The van der Waals surface area contributed by atoms with Gasteiger partial charge in [0.1, 0.15) is 5.69 Å². The van der Waals surface area contributed by atoms with Crippen LogP contribution in [-0.2, 0) is 0 Å². The number of benzene rings is 1. The van der Waals surface area contributed by atoms with E-state index in [9.17, 15) is 13.6 Å². The van der Waals surface area contributed by atoms with Gasteiger partial charge in [-0.3, -0.25) is 10.6 Å². The minimum absolute atomic E-state index is 0.0374. The lowest BCUT2D eigenvalue weighted by Gasteiger charge is -2.41. The molecule has 20 heavy (non-hydrogen) atoms. The predicted molar refractivity (Wildman–Crippen MR) is 73.1 cm³/mol. The van der Waals surface area contributed by atoms with Gasteiger partial charge in [-0.15, -0.1) is 0 Å². The molecule has 4 N–H and O–H groups in total. The third-order valence-electron chi connectivity index (χ3n) is 4.24. The number of nitrogens with one attached hydrogen (secondary N) is 2. The van der Waals surface area contributed by atoms with Crippen LogP contribution in [0, 0.1) is 17.0 Å². The molecule has 0 bridgehead atoms. The molecule has 1 saturated carbocycles. The smallest absolute Gasteiger partial charge is 0.251 e. The molecule has 0 atom stereocenters. The molecule has 0 saturated heterocycles. The first kappa shape index (κ1) is 14.7. The largest absolute Gasteiger partial charge is 0.351 e. The molecule has 1 aromatic rings. The van der Waals surface area contributed by atoms with E-state index >= 15 is 0 Å². The van der Waals surface area contributed by atoms with Crippen LogP contribution in [0.2, 0.25) is 0 Å². The lowest BCUT2D eigenvalue weighted by molar-refractivity contribution is 0.0849. The van der Waals surface area contributed by atoms with Gasteiger partial charge < -0.3 is 10.7 Å². The highest BCUT2D eigenvalue weighted by Gasteiger charge is 2.35. The van der Waals surface area contributed by atoms with E-state index in [1.807, 2.05) is 5.43 Å². The first-order valence-electron chi connectivity index (χ1n) is 6.75. The van der Waals surface area contributed by atoms with Gasteiger partial charge in [0.2, 0.25) is 0 Å². The van der Waals surface area contributed by atoms with Crippen LogP contribution < -0.4 is 16.6 Å². The Hall–Kier alpha value is -1.69. The summed E-state index contributed by atoms with van der Waals surface area (Å²) in [5.41, 5.74) is 1.61. The molecular weight excluding hydrogens is 264 g/mol. The van der Waals surface area contributed by atoms with Gasteiger partial charge >= 0.3 is 0 Å². The Labute approximate surface area is 116 Å². The lowest BCUT2D eigenvalue weighted by atomic mass is 9.67. The van der Waals surface area contributed by atoms with Gasteiger partial charge in [-0.05, 0) is 36.8 Å². The molecule has 6 heteroatoms. The maximum atomic E-state index is 13.5. The van der Waals surface area contributed by atoms with Crippen LogP contribution in [0.3, 0.4) is 0 Å². The predicted octanol–water partition coefficient (Wildman–Crippen LogP) is 2.56. The Morgan fingerprint density at radius 3 is 2.35 bits per heavy atom. The number of anilines is 1. The zero-order valence-electron chi connectivity index (χ0n) is 11.4. The van der Waals surface area contributed by atoms with Gasteiger partial charge in [-0.25, -0.2) is 8.78 Å². The summed E-state index contributed by atoms with van der Waals surface area (Å²) < 4.78 is 27.1. The van der Waals surface area contributed by atoms with Gasteiger partial charge in [0.25, 0.3) is 5.91 Å². The van der Waals surface area contributed by atoms with E-state index in [2.05, 4.69) is 12.2 Å². The summed E-state index contributed by atoms with van der Waals surface area (Å²) in [6, 6.07) is 1.96. The highest BCUT2D eigenvalue weighted by Crippen LogP contribution is 2.43. The second-order valence-electron chi connectivity index (χ2n) is 5.35. The minimum Gasteiger partial charge on any atom is -0.351 e. The van der Waals surface area contributed by atoms with Crippen LogP contribution >= 0.6 is 0 Å². The molecule has 0 aliphatic heterocycles. The second kappa shape index (κ2) is 5.75. The van der Waals surface area contributed by atoms with Crippen molar-refractivity contribution in [2.45, 2.75) is 32.6 Å². The number of hydrazine groups is 1. The number of halogens is 2. The lowest BCUT2D eigenvalue weighted by Crippen LogP contribution is -2.41. The quantitative estimate of drug-likeness (QED) is 0.574. The van der Waals surface area contributed by atoms with E-state index in [-0.39, 0.29) is 11.0 Å². The fraction of sp³-hybridized carbons (Fsp3) is 0.500. The van der Waals surface area contributed by atoms with E-state index in [1.54, 1.807) is 0 Å². The molecule has 0 unspecified atom stereocenters. The van der Waals surface area contributed by atoms with Crippen molar-refractivity contribution in [3.63, 3.8) is 0 Å². The summed E-state index contributed by atoms with van der Waals surface area (Å²) in [4.78, 5) is 12.0. The number of hydrogen-bond acceptors (Lipinski definition) is 3. The molecule has 1 aliphatic rings. The summed E-state index contributed by atoms with van der Waals surface area (Å²) in [6.07, 6.45) is 4.33. The fourth-order valence-electron chi connectivity index (χ4n) is 2.54. The molecule has 4 nitrogen and oxygen atoms in total. The highest BCUT2D eigenvalue weighted by atomic mass is 19.1. The van der Waals surface area contributed by atoms with Gasteiger partial charge in [0.05, 0.1) is 0 Å². The zero-order valence-corrected chi connectivity index (χ0v) is 11.4. The Bertz CT molecular complexity index is 487. The molecule has 0 radical (unpaired) electrons.